The number of H-pyrrole nitrogens is 2. The van der Waals surface area contributed by atoms with Gasteiger partial charge in [0.25, 0.3) is 0 Å². The highest BCUT2D eigenvalue weighted by atomic mass is 32.2. The number of thioether (sulfide) groups is 1. The van der Waals surface area contributed by atoms with Gasteiger partial charge in [0.2, 0.25) is 0 Å². The van der Waals surface area contributed by atoms with E-state index in [1.165, 1.54) is 0 Å². The fourth-order valence-electron chi connectivity index (χ4n) is 1.38. The Bertz CT molecular complexity index is 343. The molecule has 12 heavy (non-hydrogen) atoms. The molecule has 66 valence electrons. The minimum Gasteiger partial charge on any atom is -0.272 e. The minimum absolute atomic E-state index is 0.118. The molecule has 1 fully saturated rings. The van der Waals surface area contributed by atoms with Crippen molar-refractivity contribution in [1.29, 1.82) is 0 Å². The molecule has 0 aliphatic carbocycles. The van der Waals surface area contributed by atoms with Gasteiger partial charge in [-0.05, 0) is 24.4 Å². The van der Waals surface area contributed by atoms with Crippen LogP contribution in [0.2, 0.25) is 0 Å². The third-order valence-electron chi connectivity index (χ3n) is 1.98. The van der Waals surface area contributed by atoms with Crippen LogP contribution in [0.15, 0.2) is 4.79 Å². The molecule has 0 spiro atoms. The quantitative estimate of drug-likeness (QED) is 0.667. The zero-order valence-electron chi connectivity index (χ0n) is 6.37. The monoisotopic (exact) mass is 203 g/mol. The average molecular weight is 203 g/mol. The lowest BCUT2D eigenvalue weighted by molar-refractivity contribution is 0.537. The summed E-state index contributed by atoms with van der Waals surface area (Å²) in [5.74, 6) is 2.12. The van der Waals surface area contributed by atoms with Crippen molar-refractivity contribution < 1.29 is 0 Å². The van der Waals surface area contributed by atoms with E-state index < -0.39 is 0 Å². The van der Waals surface area contributed by atoms with E-state index >= 15 is 0 Å². The zero-order chi connectivity index (χ0) is 8.55. The van der Waals surface area contributed by atoms with Gasteiger partial charge < -0.3 is 0 Å². The molecule has 0 aromatic carbocycles. The number of nitrogens with zero attached hydrogens (tertiary/aromatic N) is 1. The molecular weight excluding hydrogens is 194 g/mol. The van der Waals surface area contributed by atoms with Gasteiger partial charge in [-0.1, -0.05) is 0 Å². The highest BCUT2D eigenvalue weighted by molar-refractivity contribution is 7.99. The molecule has 0 amide bonds. The van der Waals surface area contributed by atoms with E-state index in [1.54, 1.807) is 4.57 Å². The van der Waals surface area contributed by atoms with Crippen LogP contribution in [0.3, 0.4) is 0 Å². The lowest BCUT2D eigenvalue weighted by Crippen LogP contribution is -2.22. The molecule has 6 heteroatoms. The van der Waals surface area contributed by atoms with Crippen molar-refractivity contribution in [2.75, 3.05) is 11.5 Å². The molecule has 1 aromatic heterocycles. The van der Waals surface area contributed by atoms with Gasteiger partial charge in [-0.2, -0.15) is 11.8 Å². The third-order valence-corrected chi connectivity index (χ3v) is 3.43. The van der Waals surface area contributed by atoms with Crippen LogP contribution in [0.4, 0.5) is 0 Å². The van der Waals surface area contributed by atoms with Gasteiger partial charge in [0.15, 0.2) is 4.77 Å². The SMILES string of the molecule is O=c1[nH][nH]c(=S)n1C1CCSC1. The van der Waals surface area contributed by atoms with E-state index in [0.717, 1.165) is 17.9 Å². The van der Waals surface area contributed by atoms with E-state index in [9.17, 15) is 4.79 Å². The molecule has 0 bridgehead atoms. The normalized spacial score (nSPS) is 23.2. The first kappa shape index (κ1) is 8.12. The molecule has 1 saturated heterocycles. The Morgan fingerprint density at radius 3 is 2.92 bits per heavy atom. The van der Waals surface area contributed by atoms with Gasteiger partial charge >= 0.3 is 5.69 Å². The Labute approximate surface area is 78.4 Å². The number of hydrogen-bond acceptors (Lipinski definition) is 3. The van der Waals surface area contributed by atoms with E-state index in [2.05, 4.69) is 10.2 Å². The average Bonchev–Trinajstić information content (AvgIpc) is 2.61. The second kappa shape index (κ2) is 3.10. The molecule has 2 rings (SSSR count). The van der Waals surface area contributed by atoms with Crippen LogP contribution < -0.4 is 5.69 Å². The van der Waals surface area contributed by atoms with Crippen LogP contribution in [0, 0.1) is 4.77 Å². The predicted octanol–water partition coefficient (Wildman–Crippen LogP) is 0.912. The maximum absolute atomic E-state index is 11.2. The van der Waals surface area contributed by atoms with Crippen molar-refractivity contribution >= 4 is 24.0 Å². The Balaban J connectivity index is 2.44. The van der Waals surface area contributed by atoms with Crippen molar-refractivity contribution in [3.05, 3.63) is 15.3 Å². The topological polar surface area (TPSA) is 53.6 Å². The summed E-state index contributed by atoms with van der Waals surface area (Å²) < 4.78 is 2.14. The second-order valence-corrected chi connectivity index (χ2v) is 4.28. The van der Waals surface area contributed by atoms with E-state index in [1.807, 2.05) is 11.8 Å². The standard InChI is InChI=1S/C6H9N3OS2/c10-5-7-8-6(11)9(5)4-1-2-12-3-4/h4H,1-3H2,(H,7,10)(H,8,11). The maximum atomic E-state index is 11.2. The molecule has 4 nitrogen and oxygen atoms in total. The number of aromatic nitrogens is 3. The molecule has 2 heterocycles. The van der Waals surface area contributed by atoms with Crippen molar-refractivity contribution in [1.82, 2.24) is 14.8 Å². The fraction of sp³-hybridized carbons (Fsp3) is 0.667. The lowest BCUT2D eigenvalue weighted by atomic mass is 10.3. The zero-order valence-corrected chi connectivity index (χ0v) is 8.00. The number of nitrogens with one attached hydrogen (secondary N) is 2. The van der Waals surface area contributed by atoms with Crippen LogP contribution in [-0.2, 0) is 0 Å². The summed E-state index contributed by atoms with van der Waals surface area (Å²) in [6, 6.07) is 0.289. The predicted molar refractivity (Wildman–Crippen MR) is 51.2 cm³/mol. The molecule has 1 unspecified atom stereocenters. The number of hydrogen-bond donors (Lipinski definition) is 2. The molecule has 1 aliphatic heterocycles. The summed E-state index contributed by atoms with van der Waals surface area (Å²) in [6.45, 7) is 0. The van der Waals surface area contributed by atoms with Gasteiger partial charge in [-0.25, -0.2) is 9.89 Å². The summed E-state index contributed by atoms with van der Waals surface area (Å²) in [4.78, 5) is 11.2. The molecule has 0 radical (unpaired) electrons. The largest absolute Gasteiger partial charge is 0.342 e. The third kappa shape index (κ3) is 1.25. The van der Waals surface area contributed by atoms with Crippen LogP contribution in [0.25, 0.3) is 0 Å². The molecule has 1 atom stereocenters. The molecule has 1 aliphatic rings. The van der Waals surface area contributed by atoms with Crippen molar-refractivity contribution in [3.8, 4) is 0 Å². The Morgan fingerprint density at radius 1 is 1.58 bits per heavy atom. The fourth-order valence-corrected chi connectivity index (χ4v) is 2.85. The van der Waals surface area contributed by atoms with Crippen molar-refractivity contribution in [3.63, 3.8) is 0 Å². The smallest absolute Gasteiger partial charge is 0.272 e. The Kier molecular flexibility index (Phi) is 2.10. The van der Waals surface area contributed by atoms with Gasteiger partial charge in [0.05, 0.1) is 6.04 Å². The van der Waals surface area contributed by atoms with Crippen molar-refractivity contribution in [2.45, 2.75) is 12.5 Å². The van der Waals surface area contributed by atoms with Crippen LogP contribution in [0.5, 0.6) is 0 Å². The Morgan fingerprint density at radius 2 is 2.42 bits per heavy atom. The first-order chi connectivity index (χ1) is 5.79. The maximum Gasteiger partial charge on any atom is 0.342 e. The first-order valence-corrected chi connectivity index (χ1v) is 5.32. The van der Waals surface area contributed by atoms with E-state index in [-0.39, 0.29) is 11.7 Å². The lowest BCUT2D eigenvalue weighted by Gasteiger charge is -2.06. The molecule has 0 saturated carbocycles. The number of aromatic amines is 2. The summed E-state index contributed by atoms with van der Waals surface area (Å²) in [5, 5.41) is 5.13. The molecule has 1 aromatic rings. The highest BCUT2D eigenvalue weighted by Crippen LogP contribution is 2.26. The van der Waals surface area contributed by atoms with E-state index in [0.29, 0.717) is 4.77 Å². The summed E-state index contributed by atoms with van der Waals surface area (Å²) in [6.07, 6.45) is 1.04. The van der Waals surface area contributed by atoms with Gasteiger partial charge in [0.1, 0.15) is 0 Å². The Hall–Kier alpha value is -0.490. The molecular formula is C6H9N3OS2. The van der Waals surface area contributed by atoms with Crippen LogP contribution in [0.1, 0.15) is 12.5 Å². The second-order valence-electron chi connectivity index (χ2n) is 2.75. The van der Waals surface area contributed by atoms with Gasteiger partial charge in [0, 0.05) is 5.75 Å². The van der Waals surface area contributed by atoms with Gasteiger partial charge in [-0.3, -0.25) is 9.67 Å². The van der Waals surface area contributed by atoms with E-state index in [4.69, 9.17) is 12.2 Å². The highest BCUT2D eigenvalue weighted by Gasteiger charge is 2.19. The summed E-state index contributed by atoms with van der Waals surface area (Å²) >= 11 is 6.84. The van der Waals surface area contributed by atoms with Crippen molar-refractivity contribution in [2.24, 2.45) is 0 Å². The minimum atomic E-state index is -0.118. The summed E-state index contributed by atoms with van der Waals surface area (Å²) in [5.41, 5.74) is -0.118. The van der Waals surface area contributed by atoms with Crippen LogP contribution in [-0.4, -0.2) is 26.3 Å². The first-order valence-electron chi connectivity index (χ1n) is 3.76. The van der Waals surface area contributed by atoms with Gasteiger partial charge in [-0.15, -0.1) is 0 Å². The van der Waals surface area contributed by atoms with Crippen LogP contribution >= 0.6 is 24.0 Å². The number of rotatable bonds is 1. The molecule has 2 N–H and O–H groups in total. The summed E-state index contributed by atoms with van der Waals surface area (Å²) in [7, 11) is 0.